The predicted octanol–water partition coefficient (Wildman–Crippen LogP) is 4.89. The predicted molar refractivity (Wildman–Crippen MR) is 141 cm³/mol. The van der Waals surface area contributed by atoms with Crippen LogP contribution in [0.5, 0.6) is 0 Å². The molecule has 0 unspecified atom stereocenters. The fourth-order valence-corrected chi connectivity index (χ4v) is 5.55. The Balaban J connectivity index is 1.90. The number of nitrogens with zero attached hydrogens (tertiary/aromatic N) is 2. The van der Waals surface area contributed by atoms with Crippen LogP contribution in [0.1, 0.15) is 38.2 Å². The SMILES string of the molecule is C[C@H](C(=O)NC1CCCC1)N(Cc1ccc(Cl)cc1Cl)C(=O)CN(c1cccc(Cl)c1)S(C)(=O)=O. The van der Waals surface area contributed by atoms with E-state index >= 15 is 0 Å². The van der Waals surface area contributed by atoms with E-state index in [1.165, 1.54) is 11.0 Å². The minimum Gasteiger partial charge on any atom is -0.352 e. The molecule has 0 aliphatic heterocycles. The van der Waals surface area contributed by atoms with Crippen LogP contribution < -0.4 is 9.62 Å². The van der Waals surface area contributed by atoms with Crippen molar-refractivity contribution in [2.75, 3.05) is 17.1 Å². The van der Waals surface area contributed by atoms with Crippen molar-refractivity contribution in [3.05, 3.63) is 63.1 Å². The summed E-state index contributed by atoms with van der Waals surface area (Å²) in [7, 11) is -3.83. The first-order valence-electron chi connectivity index (χ1n) is 11.2. The van der Waals surface area contributed by atoms with Gasteiger partial charge in [0.15, 0.2) is 0 Å². The van der Waals surface area contributed by atoms with Gasteiger partial charge in [0, 0.05) is 27.7 Å². The summed E-state index contributed by atoms with van der Waals surface area (Å²) >= 11 is 18.4. The highest BCUT2D eigenvalue weighted by molar-refractivity contribution is 7.92. The van der Waals surface area contributed by atoms with Gasteiger partial charge in [-0.05, 0) is 55.7 Å². The minimum atomic E-state index is -3.83. The van der Waals surface area contributed by atoms with Gasteiger partial charge in [-0.15, -0.1) is 0 Å². The lowest BCUT2D eigenvalue weighted by atomic mass is 10.1. The van der Waals surface area contributed by atoms with Crippen molar-refractivity contribution in [3.63, 3.8) is 0 Å². The Morgan fingerprint density at radius 3 is 2.31 bits per heavy atom. The Morgan fingerprint density at radius 1 is 1.06 bits per heavy atom. The number of sulfonamides is 1. The first kappa shape index (κ1) is 27.6. The monoisotopic (exact) mass is 559 g/mol. The summed E-state index contributed by atoms with van der Waals surface area (Å²) in [5.41, 5.74) is 0.833. The number of hydrogen-bond acceptors (Lipinski definition) is 4. The lowest BCUT2D eigenvalue weighted by Crippen LogP contribution is -2.52. The second kappa shape index (κ2) is 11.8. The van der Waals surface area contributed by atoms with Gasteiger partial charge in [0.1, 0.15) is 12.6 Å². The van der Waals surface area contributed by atoms with Crippen molar-refractivity contribution < 1.29 is 18.0 Å². The van der Waals surface area contributed by atoms with E-state index in [0.29, 0.717) is 20.6 Å². The number of amides is 2. The fourth-order valence-electron chi connectivity index (χ4n) is 4.05. The number of carbonyl (C=O) groups excluding carboxylic acids is 2. The zero-order chi connectivity index (χ0) is 25.8. The maximum absolute atomic E-state index is 13.6. The highest BCUT2D eigenvalue weighted by Gasteiger charge is 2.31. The van der Waals surface area contributed by atoms with Crippen molar-refractivity contribution in [3.8, 4) is 0 Å². The van der Waals surface area contributed by atoms with Crippen LogP contribution in [0.3, 0.4) is 0 Å². The van der Waals surface area contributed by atoms with Crippen LogP contribution in [0.25, 0.3) is 0 Å². The van der Waals surface area contributed by atoms with Crippen molar-refractivity contribution in [2.24, 2.45) is 0 Å². The van der Waals surface area contributed by atoms with E-state index in [0.717, 1.165) is 36.2 Å². The van der Waals surface area contributed by atoms with Crippen LogP contribution in [-0.2, 0) is 26.2 Å². The summed E-state index contributed by atoms with van der Waals surface area (Å²) in [6, 6.07) is 10.3. The molecule has 1 fully saturated rings. The summed E-state index contributed by atoms with van der Waals surface area (Å²) in [4.78, 5) is 28.0. The maximum Gasteiger partial charge on any atom is 0.244 e. The van der Waals surface area contributed by atoms with Gasteiger partial charge in [0.2, 0.25) is 21.8 Å². The summed E-state index contributed by atoms with van der Waals surface area (Å²) in [6.07, 6.45) is 4.90. The lowest BCUT2D eigenvalue weighted by Gasteiger charge is -2.32. The van der Waals surface area contributed by atoms with Gasteiger partial charge >= 0.3 is 0 Å². The number of nitrogens with one attached hydrogen (secondary N) is 1. The van der Waals surface area contributed by atoms with E-state index < -0.39 is 28.5 Å². The first-order valence-corrected chi connectivity index (χ1v) is 14.2. The molecule has 2 aromatic carbocycles. The van der Waals surface area contributed by atoms with Gasteiger partial charge in [-0.25, -0.2) is 8.42 Å². The molecule has 35 heavy (non-hydrogen) atoms. The van der Waals surface area contributed by atoms with Crippen molar-refractivity contribution in [1.82, 2.24) is 10.2 Å². The van der Waals surface area contributed by atoms with E-state index in [1.807, 2.05) is 0 Å². The smallest absolute Gasteiger partial charge is 0.244 e. The zero-order valence-electron chi connectivity index (χ0n) is 19.5. The standard InChI is InChI=1S/C24H28Cl3N3O4S/c1-16(24(32)28-20-7-3-4-8-20)29(14-17-10-11-19(26)13-22(17)27)23(31)15-30(35(2,33)34)21-9-5-6-18(25)12-21/h5-6,9-13,16,20H,3-4,7-8,14-15H2,1-2H3,(H,28,32)/t16-/m1/s1. The maximum atomic E-state index is 13.6. The molecule has 1 aliphatic rings. The van der Waals surface area contributed by atoms with Gasteiger partial charge in [-0.3, -0.25) is 13.9 Å². The van der Waals surface area contributed by atoms with Crippen LogP contribution in [-0.4, -0.2) is 50.0 Å². The molecule has 2 amide bonds. The largest absolute Gasteiger partial charge is 0.352 e. The van der Waals surface area contributed by atoms with Crippen LogP contribution in [0.15, 0.2) is 42.5 Å². The van der Waals surface area contributed by atoms with Crippen molar-refractivity contribution in [1.29, 1.82) is 0 Å². The zero-order valence-corrected chi connectivity index (χ0v) is 22.6. The Morgan fingerprint density at radius 2 is 1.71 bits per heavy atom. The summed E-state index contributed by atoms with van der Waals surface area (Å²) in [5, 5.41) is 4.12. The fraction of sp³-hybridized carbons (Fsp3) is 0.417. The van der Waals surface area contributed by atoms with Gasteiger partial charge in [0.25, 0.3) is 0 Å². The topological polar surface area (TPSA) is 86.8 Å². The molecule has 3 rings (SSSR count). The Kier molecular flexibility index (Phi) is 9.32. The molecule has 1 saturated carbocycles. The molecule has 0 bridgehead atoms. The third-order valence-corrected chi connectivity index (χ3v) is 7.96. The second-order valence-electron chi connectivity index (χ2n) is 8.67. The number of rotatable bonds is 9. The summed E-state index contributed by atoms with van der Waals surface area (Å²) in [6.45, 7) is 1.11. The third kappa shape index (κ3) is 7.49. The highest BCUT2D eigenvalue weighted by atomic mass is 35.5. The van der Waals surface area contributed by atoms with Crippen LogP contribution in [0.4, 0.5) is 5.69 Å². The van der Waals surface area contributed by atoms with E-state index in [4.69, 9.17) is 34.8 Å². The molecule has 1 atom stereocenters. The van der Waals surface area contributed by atoms with Crippen molar-refractivity contribution in [2.45, 2.75) is 51.2 Å². The van der Waals surface area contributed by atoms with E-state index in [2.05, 4.69) is 5.32 Å². The molecule has 0 radical (unpaired) electrons. The van der Waals surface area contributed by atoms with Gasteiger partial charge in [-0.1, -0.05) is 59.8 Å². The normalized spacial score (nSPS) is 15.0. The lowest BCUT2D eigenvalue weighted by molar-refractivity contribution is -0.139. The van der Waals surface area contributed by atoms with Gasteiger partial charge in [0.05, 0.1) is 11.9 Å². The molecule has 2 aromatic rings. The van der Waals surface area contributed by atoms with E-state index in [9.17, 15) is 18.0 Å². The molecule has 0 spiro atoms. The quantitative estimate of drug-likeness (QED) is 0.473. The second-order valence-corrected chi connectivity index (χ2v) is 11.9. The summed E-state index contributed by atoms with van der Waals surface area (Å²) in [5.74, 6) is -0.862. The van der Waals surface area contributed by atoms with Gasteiger partial charge in [-0.2, -0.15) is 0 Å². The average Bonchev–Trinajstić information content (AvgIpc) is 3.28. The molecule has 0 aromatic heterocycles. The minimum absolute atomic E-state index is 0.00123. The molecule has 7 nitrogen and oxygen atoms in total. The number of benzene rings is 2. The van der Waals surface area contributed by atoms with Crippen LogP contribution in [0.2, 0.25) is 15.1 Å². The molecule has 0 saturated heterocycles. The Labute approximate surface area is 221 Å². The number of anilines is 1. The number of hydrogen-bond donors (Lipinski definition) is 1. The Bertz CT molecular complexity index is 1190. The molecule has 11 heteroatoms. The van der Waals surface area contributed by atoms with Crippen LogP contribution in [0, 0.1) is 0 Å². The van der Waals surface area contributed by atoms with Gasteiger partial charge < -0.3 is 10.2 Å². The summed E-state index contributed by atoms with van der Waals surface area (Å²) < 4.78 is 26.1. The molecule has 190 valence electrons. The third-order valence-electron chi connectivity index (χ3n) is 6.00. The molecular weight excluding hydrogens is 533 g/mol. The Hall–Kier alpha value is -2.00. The van der Waals surface area contributed by atoms with Crippen LogP contribution >= 0.6 is 34.8 Å². The van der Waals surface area contributed by atoms with E-state index in [-0.39, 0.29) is 24.2 Å². The van der Waals surface area contributed by atoms with Crippen molar-refractivity contribution >= 4 is 62.3 Å². The molecule has 0 heterocycles. The molecule has 1 N–H and O–H groups in total. The van der Waals surface area contributed by atoms with E-state index in [1.54, 1.807) is 43.3 Å². The molecular formula is C24H28Cl3N3O4S. The average molecular weight is 561 g/mol. The molecule has 1 aliphatic carbocycles. The number of carbonyl (C=O) groups is 2. The first-order chi connectivity index (χ1) is 16.5. The number of halogens is 3. The highest BCUT2D eigenvalue weighted by Crippen LogP contribution is 2.25.